The van der Waals surface area contributed by atoms with Gasteiger partial charge in [-0.05, 0) is 31.0 Å². The standard InChI is InChI=1S/C17H28O3/c1-5-6-7-8-9-10-11-20-17-15(18-3)12-14(2)13-16(17)19-4/h12-13H,5-11H2,1-4H3. The summed E-state index contributed by atoms with van der Waals surface area (Å²) >= 11 is 0. The van der Waals surface area contributed by atoms with Crippen molar-refractivity contribution in [1.82, 2.24) is 0 Å². The van der Waals surface area contributed by atoms with Crippen molar-refractivity contribution in [3.63, 3.8) is 0 Å². The second-order valence-corrected chi connectivity index (χ2v) is 5.11. The number of benzene rings is 1. The fourth-order valence-corrected chi connectivity index (χ4v) is 2.21. The van der Waals surface area contributed by atoms with Crippen LogP contribution in [-0.2, 0) is 0 Å². The average molecular weight is 280 g/mol. The molecular formula is C17H28O3. The Hall–Kier alpha value is -1.38. The first kappa shape index (κ1) is 16.7. The van der Waals surface area contributed by atoms with Crippen LogP contribution in [0, 0.1) is 6.92 Å². The van der Waals surface area contributed by atoms with E-state index in [1.165, 1.54) is 32.1 Å². The van der Waals surface area contributed by atoms with Crippen molar-refractivity contribution in [2.24, 2.45) is 0 Å². The van der Waals surface area contributed by atoms with Crippen LogP contribution in [0.4, 0.5) is 0 Å². The molecule has 0 saturated heterocycles. The van der Waals surface area contributed by atoms with E-state index in [9.17, 15) is 0 Å². The Morgan fingerprint density at radius 3 is 1.95 bits per heavy atom. The third-order valence-electron chi connectivity index (χ3n) is 3.35. The van der Waals surface area contributed by atoms with E-state index in [-0.39, 0.29) is 0 Å². The molecule has 1 aromatic carbocycles. The van der Waals surface area contributed by atoms with Crippen molar-refractivity contribution < 1.29 is 14.2 Å². The van der Waals surface area contributed by atoms with Crippen LogP contribution in [0.5, 0.6) is 17.2 Å². The smallest absolute Gasteiger partial charge is 0.203 e. The van der Waals surface area contributed by atoms with Gasteiger partial charge in [0.05, 0.1) is 20.8 Å². The third-order valence-corrected chi connectivity index (χ3v) is 3.35. The summed E-state index contributed by atoms with van der Waals surface area (Å²) in [5, 5.41) is 0. The van der Waals surface area contributed by atoms with E-state index >= 15 is 0 Å². The molecule has 0 radical (unpaired) electrons. The molecule has 0 heterocycles. The first-order valence-electron chi connectivity index (χ1n) is 7.58. The van der Waals surface area contributed by atoms with E-state index in [4.69, 9.17) is 14.2 Å². The first-order valence-corrected chi connectivity index (χ1v) is 7.58. The summed E-state index contributed by atoms with van der Waals surface area (Å²) in [5.74, 6) is 2.20. The van der Waals surface area contributed by atoms with Crippen LogP contribution < -0.4 is 14.2 Å². The van der Waals surface area contributed by atoms with E-state index in [1.54, 1.807) is 14.2 Å². The lowest BCUT2D eigenvalue weighted by molar-refractivity contribution is 0.267. The maximum atomic E-state index is 5.86. The van der Waals surface area contributed by atoms with Crippen LogP contribution in [0.25, 0.3) is 0 Å². The van der Waals surface area contributed by atoms with Gasteiger partial charge in [-0.3, -0.25) is 0 Å². The zero-order valence-corrected chi connectivity index (χ0v) is 13.3. The molecule has 0 amide bonds. The SMILES string of the molecule is CCCCCCCCOc1c(OC)cc(C)cc1OC. The molecule has 3 heteroatoms. The molecule has 114 valence electrons. The molecule has 0 atom stereocenters. The van der Waals surface area contributed by atoms with Crippen LogP contribution in [0.15, 0.2) is 12.1 Å². The van der Waals surface area contributed by atoms with Gasteiger partial charge < -0.3 is 14.2 Å². The lowest BCUT2D eigenvalue weighted by atomic mass is 10.1. The average Bonchev–Trinajstić information content (AvgIpc) is 2.46. The minimum absolute atomic E-state index is 0.710. The summed E-state index contributed by atoms with van der Waals surface area (Å²) in [6.07, 6.45) is 7.53. The highest BCUT2D eigenvalue weighted by Crippen LogP contribution is 2.38. The third kappa shape index (κ3) is 5.32. The molecule has 0 bridgehead atoms. The van der Waals surface area contributed by atoms with Gasteiger partial charge in [0.15, 0.2) is 11.5 Å². The highest BCUT2D eigenvalue weighted by Gasteiger charge is 2.12. The van der Waals surface area contributed by atoms with Crippen LogP contribution in [0.2, 0.25) is 0 Å². The van der Waals surface area contributed by atoms with Gasteiger partial charge in [0.1, 0.15) is 0 Å². The molecule has 3 nitrogen and oxygen atoms in total. The van der Waals surface area contributed by atoms with Gasteiger partial charge in [0.2, 0.25) is 5.75 Å². The zero-order valence-electron chi connectivity index (χ0n) is 13.3. The quantitative estimate of drug-likeness (QED) is 0.579. The Balaban J connectivity index is 2.46. The van der Waals surface area contributed by atoms with Crippen molar-refractivity contribution >= 4 is 0 Å². The molecule has 0 saturated carbocycles. The van der Waals surface area contributed by atoms with Gasteiger partial charge >= 0.3 is 0 Å². The van der Waals surface area contributed by atoms with Crippen LogP contribution in [-0.4, -0.2) is 20.8 Å². The van der Waals surface area contributed by atoms with Crippen molar-refractivity contribution in [3.8, 4) is 17.2 Å². The molecule has 0 unspecified atom stereocenters. The molecule has 0 aliphatic rings. The number of aryl methyl sites for hydroxylation is 1. The normalized spacial score (nSPS) is 10.4. The van der Waals surface area contributed by atoms with E-state index < -0.39 is 0 Å². The van der Waals surface area contributed by atoms with Gasteiger partial charge in [0.25, 0.3) is 0 Å². The summed E-state index contributed by atoms with van der Waals surface area (Å²) in [7, 11) is 3.32. The Morgan fingerprint density at radius 2 is 1.40 bits per heavy atom. The Bertz CT molecular complexity index is 363. The number of hydrogen-bond donors (Lipinski definition) is 0. The van der Waals surface area contributed by atoms with Gasteiger partial charge in [-0.15, -0.1) is 0 Å². The van der Waals surface area contributed by atoms with Gasteiger partial charge in [-0.25, -0.2) is 0 Å². The van der Waals surface area contributed by atoms with Gasteiger partial charge in [-0.1, -0.05) is 39.0 Å². The number of hydrogen-bond acceptors (Lipinski definition) is 3. The molecule has 0 spiro atoms. The van der Waals surface area contributed by atoms with Gasteiger partial charge in [0, 0.05) is 0 Å². The first-order chi connectivity index (χ1) is 9.72. The van der Waals surface area contributed by atoms with E-state index in [0.29, 0.717) is 12.4 Å². The lowest BCUT2D eigenvalue weighted by Crippen LogP contribution is -2.02. The van der Waals surface area contributed by atoms with Crippen LogP contribution in [0.1, 0.15) is 51.0 Å². The van der Waals surface area contributed by atoms with Crippen LogP contribution in [0.3, 0.4) is 0 Å². The molecule has 0 aliphatic heterocycles. The number of rotatable bonds is 10. The Morgan fingerprint density at radius 1 is 0.850 bits per heavy atom. The molecule has 0 N–H and O–H groups in total. The number of methoxy groups -OCH3 is 2. The van der Waals surface area contributed by atoms with E-state index in [0.717, 1.165) is 23.5 Å². The van der Waals surface area contributed by atoms with E-state index in [1.807, 2.05) is 19.1 Å². The Kier molecular flexibility index (Phi) is 7.93. The second kappa shape index (κ2) is 9.51. The molecule has 20 heavy (non-hydrogen) atoms. The lowest BCUT2D eigenvalue weighted by Gasteiger charge is -2.15. The predicted octanol–water partition coefficient (Wildman–Crippen LogP) is 4.75. The van der Waals surface area contributed by atoms with Crippen molar-refractivity contribution in [2.75, 3.05) is 20.8 Å². The molecule has 1 rings (SSSR count). The maximum absolute atomic E-state index is 5.86. The fraction of sp³-hybridized carbons (Fsp3) is 0.647. The molecule has 0 aliphatic carbocycles. The number of ether oxygens (including phenoxy) is 3. The van der Waals surface area contributed by atoms with E-state index in [2.05, 4.69) is 6.92 Å². The summed E-state index contributed by atoms with van der Waals surface area (Å²) in [6, 6.07) is 3.94. The van der Waals surface area contributed by atoms with Crippen molar-refractivity contribution in [3.05, 3.63) is 17.7 Å². The minimum atomic E-state index is 0.710. The second-order valence-electron chi connectivity index (χ2n) is 5.11. The largest absolute Gasteiger partial charge is 0.493 e. The fourth-order valence-electron chi connectivity index (χ4n) is 2.21. The highest BCUT2D eigenvalue weighted by molar-refractivity contribution is 5.53. The topological polar surface area (TPSA) is 27.7 Å². The number of unbranched alkanes of at least 4 members (excludes halogenated alkanes) is 5. The zero-order chi connectivity index (χ0) is 14.8. The maximum Gasteiger partial charge on any atom is 0.203 e. The summed E-state index contributed by atoms with van der Waals surface area (Å²) in [5.41, 5.74) is 1.10. The predicted molar refractivity (Wildman–Crippen MR) is 83.2 cm³/mol. The van der Waals surface area contributed by atoms with Gasteiger partial charge in [-0.2, -0.15) is 0 Å². The minimum Gasteiger partial charge on any atom is -0.493 e. The highest BCUT2D eigenvalue weighted by atomic mass is 16.5. The summed E-state index contributed by atoms with van der Waals surface area (Å²) in [6.45, 7) is 4.96. The summed E-state index contributed by atoms with van der Waals surface area (Å²) in [4.78, 5) is 0. The summed E-state index contributed by atoms with van der Waals surface area (Å²) < 4.78 is 16.6. The molecule has 1 aromatic rings. The molecular weight excluding hydrogens is 252 g/mol. The monoisotopic (exact) mass is 280 g/mol. The molecule has 0 fully saturated rings. The van der Waals surface area contributed by atoms with Crippen molar-refractivity contribution in [2.45, 2.75) is 52.4 Å². The molecule has 0 aromatic heterocycles. The van der Waals surface area contributed by atoms with Crippen molar-refractivity contribution in [1.29, 1.82) is 0 Å². The Labute approximate surface area is 123 Å². The van der Waals surface area contributed by atoms with Crippen LogP contribution >= 0.6 is 0 Å².